The van der Waals surface area contributed by atoms with Crippen LogP contribution in [0.5, 0.6) is 0 Å². The summed E-state index contributed by atoms with van der Waals surface area (Å²) in [6.45, 7) is 0.617. The molecule has 1 atom stereocenters. The predicted octanol–water partition coefficient (Wildman–Crippen LogP) is 3.79. The summed E-state index contributed by atoms with van der Waals surface area (Å²) < 4.78 is 0. The zero-order valence-electron chi connectivity index (χ0n) is 17.4. The summed E-state index contributed by atoms with van der Waals surface area (Å²) >= 11 is 0. The van der Waals surface area contributed by atoms with E-state index in [1.807, 2.05) is 48.5 Å². The Morgan fingerprint density at radius 2 is 1.66 bits per heavy atom. The summed E-state index contributed by atoms with van der Waals surface area (Å²) in [6.07, 6.45) is 2.09. The lowest BCUT2D eigenvalue weighted by molar-refractivity contribution is -0.122. The van der Waals surface area contributed by atoms with Crippen molar-refractivity contribution in [2.75, 3.05) is 16.3 Å². The predicted molar refractivity (Wildman–Crippen MR) is 121 cm³/mol. The minimum absolute atomic E-state index is 0.134. The number of anilines is 2. The number of fused-ring (bicyclic) bond motifs is 3. The summed E-state index contributed by atoms with van der Waals surface area (Å²) in [7, 11) is 0. The van der Waals surface area contributed by atoms with Crippen molar-refractivity contribution in [3.8, 4) is 0 Å². The molecule has 3 aromatic carbocycles. The molecule has 1 spiro atoms. The molecule has 3 aliphatic rings. The van der Waals surface area contributed by atoms with Crippen molar-refractivity contribution >= 4 is 29.2 Å². The molecule has 0 aromatic heterocycles. The SMILES string of the molecule is O=C(c1cccc(N2C(=O)NC3(CCc4ccccc43)C2=O)c1)N1CCc2ccccc21. The standard InChI is InChI=1S/C26H21N3O3/c30-23(28-15-13-18-7-2-4-11-22(18)28)19-8-5-9-20(16-19)29-24(31)26(27-25(29)32)14-12-17-6-1-3-10-21(17)26/h1-11,16H,12-15H2,(H,27,32). The molecular weight excluding hydrogens is 402 g/mol. The highest BCUT2D eigenvalue weighted by Gasteiger charge is 2.55. The summed E-state index contributed by atoms with van der Waals surface area (Å²) in [4.78, 5) is 42.7. The van der Waals surface area contributed by atoms with Gasteiger partial charge >= 0.3 is 6.03 Å². The molecule has 1 unspecified atom stereocenters. The van der Waals surface area contributed by atoms with Crippen LogP contribution in [0.2, 0.25) is 0 Å². The Bertz CT molecular complexity index is 1300. The minimum Gasteiger partial charge on any atom is -0.319 e. The second-order valence-electron chi connectivity index (χ2n) is 8.52. The van der Waals surface area contributed by atoms with Crippen LogP contribution in [-0.2, 0) is 23.2 Å². The van der Waals surface area contributed by atoms with E-state index < -0.39 is 11.6 Å². The van der Waals surface area contributed by atoms with Gasteiger partial charge in [0.15, 0.2) is 0 Å². The van der Waals surface area contributed by atoms with Crippen molar-refractivity contribution in [3.63, 3.8) is 0 Å². The van der Waals surface area contributed by atoms with Crippen molar-refractivity contribution in [3.05, 3.63) is 95.1 Å². The van der Waals surface area contributed by atoms with Crippen molar-refractivity contribution in [1.29, 1.82) is 0 Å². The number of nitrogens with zero attached hydrogens (tertiary/aromatic N) is 2. The number of nitrogens with one attached hydrogen (secondary N) is 1. The average molecular weight is 423 g/mol. The summed E-state index contributed by atoms with van der Waals surface area (Å²) in [5.41, 5.74) is 3.84. The van der Waals surface area contributed by atoms with Gasteiger partial charge < -0.3 is 10.2 Å². The van der Waals surface area contributed by atoms with Crippen LogP contribution >= 0.6 is 0 Å². The van der Waals surface area contributed by atoms with E-state index in [0.717, 1.165) is 35.2 Å². The average Bonchev–Trinajstić information content (AvgIpc) is 3.48. The Morgan fingerprint density at radius 1 is 0.875 bits per heavy atom. The Kier molecular flexibility index (Phi) is 3.99. The number of para-hydroxylation sites is 1. The van der Waals surface area contributed by atoms with Crippen LogP contribution in [0.1, 0.15) is 33.5 Å². The van der Waals surface area contributed by atoms with Gasteiger partial charge in [-0.25, -0.2) is 9.69 Å². The number of hydrogen-bond acceptors (Lipinski definition) is 3. The summed E-state index contributed by atoms with van der Waals surface area (Å²) in [6, 6.07) is 22.0. The van der Waals surface area contributed by atoms with Gasteiger partial charge in [0.25, 0.3) is 11.8 Å². The first kappa shape index (κ1) is 18.8. The molecule has 6 heteroatoms. The maximum Gasteiger partial charge on any atom is 0.329 e. The Labute approximate surface area is 185 Å². The first-order chi connectivity index (χ1) is 15.6. The third-order valence-corrected chi connectivity index (χ3v) is 6.82. The molecule has 0 radical (unpaired) electrons. The van der Waals surface area contributed by atoms with Gasteiger partial charge in [-0.3, -0.25) is 9.59 Å². The molecule has 0 bridgehead atoms. The fourth-order valence-electron chi connectivity index (χ4n) is 5.26. The number of benzene rings is 3. The van der Waals surface area contributed by atoms with Gasteiger partial charge in [0.1, 0.15) is 5.54 Å². The monoisotopic (exact) mass is 423 g/mol. The lowest BCUT2D eigenvalue weighted by atomic mass is 9.92. The molecule has 3 aromatic rings. The maximum absolute atomic E-state index is 13.6. The van der Waals surface area contributed by atoms with Crippen molar-refractivity contribution < 1.29 is 14.4 Å². The zero-order chi connectivity index (χ0) is 21.9. The van der Waals surface area contributed by atoms with Crippen LogP contribution in [0.15, 0.2) is 72.8 Å². The van der Waals surface area contributed by atoms with E-state index in [4.69, 9.17) is 0 Å². The lowest BCUT2D eigenvalue weighted by Gasteiger charge is -2.22. The van der Waals surface area contributed by atoms with E-state index in [0.29, 0.717) is 24.2 Å². The molecule has 6 nitrogen and oxygen atoms in total. The molecule has 4 amide bonds. The molecule has 158 valence electrons. The lowest BCUT2D eigenvalue weighted by Crippen LogP contribution is -2.42. The molecule has 1 fully saturated rings. The Morgan fingerprint density at radius 3 is 2.53 bits per heavy atom. The van der Waals surface area contributed by atoms with E-state index in [2.05, 4.69) is 5.32 Å². The maximum atomic E-state index is 13.6. The molecule has 1 N–H and O–H groups in total. The molecule has 2 heterocycles. The molecule has 1 saturated heterocycles. The van der Waals surface area contributed by atoms with E-state index in [1.54, 1.807) is 29.2 Å². The van der Waals surface area contributed by atoms with Gasteiger partial charge in [-0.15, -0.1) is 0 Å². The summed E-state index contributed by atoms with van der Waals surface area (Å²) in [5.74, 6) is -0.423. The van der Waals surface area contributed by atoms with Crippen LogP contribution < -0.4 is 15.1 Å². The highest BCUT2D eigenvalue weighted by molar-refractivity contribution is 6.24. The number of imide groups is 1. The largest absolute Gasteiger partial charge is 0.329 e. The molecule has 1 aliphatic carbocycles. The van der Waals surface area contributed by atoms with E-state index >= 15 is 0 Å². The molecule has 6 rings (SSSR count). The third kappa shape index (κ3) is 2.56. The van der Waals surface area contributed by atoms with Gasteiger partial charge in [0.05, 0.1) is 5.69 Å². The molecule has 0 saturated carbocycles. The fraction of sp³-hybridized carbons (Fsp3) is 0.192. The third-order valence-electron chi connectivity index (χ3n) is 6.82. The normalized spacial score (nSPS) is 21.1. The number of amides is 4. The van der Waals surface area contributed by atoms with Crippen molar-refractivity contribution in [1.82, 2.24) is 5.32 Å². The van der Waals surface area contributed by atoms with E-state index in [9.17, 15) is 14.4 Å². The Balaban J connectivity index is 1.34. The second-order valence-corrected chi connectivity index (χ2v) is 8.52. The van der Waals surface area contributed by atoms with Gasteiger partial charge in [-0.05, 0) is 60.2 Å². The minimum atomic E-state index is -1.03. The number of rotatable bonds is 2. The highest BCUT2D eigenvalue weighted by Crippen LogP contribution is 2.42. The smallest absolute Gasteiger partial charge is 0.319 e. The van der Waals surface area contributed by atoms with Crippen LogP contribution in [0.25, 0.3) is 0 Å². The molecule has 2 aliphatic heterocycles. The van der Waals surface area contributed by atoms with Crippen molar-refractivity contribution in [2.45, 2.75) is 24.8 Å². The van der Waals surface area contributed by atoms with E-state index in [1.165, 1.54) is 4.90 Å². The van der Waals surface area contributed by atoms with E-state index in [-0.39, 0.29) is 11.8 Å². The van der Waals surface area contributed by atoms with Crippen molar-refractivity contribution in [2.24, 2.45) is 0 Å². The molecular formula is C26H21N3O3. The molecule has 32 heavy (non-hydrogen) atoms. The fourth-order valence-corrected chi connectivity index (χ4v) is 5.26. The van der Waals surface area contributed by atoms with Crippen LogP contribution in [0, 0.1) is 0 Å². The first-order valence-electron chi connectivity index (χ1n) is 10.8. The first-order valence-corrected chi connectivity index (χ1v) is 10.8. The second kappa shape index (κ2) is 6.79. The van der Waals surface area contributed by atoms with Crippen LogP contribution in [-0.4, -0.2) is 24.4 Å². The highest BCUT2D eigenvalue weighted by atomic mass is 16.2. The Hall–Kier alpha value is -3.93. The van der Waals surface area contributed by atoms with Gasteiger partial charge in [0, 0.05) is 17.8 Å². The zero-order valence-corrected chi connectivity index (χ0v) is 17.4. The number of urea groups is 1. The summed E-state index contributed by atoms with van der Waals surface area (Å²) in [5, 5.41) is 2.94. The van der Waals surface area contributed by atoms with Crippen LogP contribution in [0.3, 0.4) is 0 Å². The number of hydrogen-bond donors (Lipinski definition) is 1. The van der Waals surface area contributed by atoms with Crippen LogP contribution in [0.4, 0.5) is 16.2 Å². The number of carbonyl (C=O) groups excluding carboxylic acids is 3. The quantitative estimate of drug-likeness (QED) is 0.638. The van der Waals surface area contributed by atoms with Gasteiger partial charge in [-0.2, -0.15) is 0 Å². The number of aryl methyl sites for hydroxylation is 1. The number of carbonyl (C=O) groups is 3. The topological polar surface area (TPSA) is 69.7 Å². The van der Waals surface area contributed by atoms with Gasteiger partial charge in [0.2, 0.25) is 0 Å². The van der Waals surface area contributed by atoms with Gasteiger partial charge in [-0.1, -0.05) is 48.5 Å².